The molecule has 0 saturated carbocycles. The van der Waals surface area contributed by atoms with Gasteiger partial charge in [-0.1, -0.05) is 6.07 Å². The van der Waals surface area contributed by atoms with Crippen LogP contribution in [0.5, 0.6) is 0 Å². The average Bonchev–Trinajstić information content (AvgIpc) is 2.31. The molecule has 0 unspecified atom stereocenters. The van der Waals surface area contributed by atoms with Crippen LogP contribution in [-0.2, 0) is 4.79 Å². The zero-order valence-corrected chi connectivity index (χ0v) is 9.86. The number of benzene rings is 1. The molecule has 94 valence electrons. The van der Waals surface area contributed by atoms with Gasteiger partial charge in [0, 0.05) is 12.2 Å². The number of nitriles is 1. The zero-order valence-electron chi connectivity index (χ0n) is 9.86. The molecule has 2 amide bonds. The van der Waals surface area contributed by atoms with Gasteiger partial charge >= 0.3 is 12.0 Å². The Kier molecular flexibility index (Phi) is 4.69. The molecule has 6 heteroatoms. The van der Waals surface area contributed by atoms with E-state index in [-0.39, 0.29) is 13.0 Å². The van der Waals surface area contributed by atoms with Crippen LogP contribution in [0.2, 0.25) is 0 Å². The van der Waals surface area contributed by atoms with Crippen LogP contribution in [0.4, 0.5) is 10.5 Å². The fraction of sp³-hybridized carbons (Fsp3) is 0.250. The summed E-state index contributed by atoms with van der Waals surface area (Å²) in [6, 6.07) is 6.43. The van der Waals surface area contributed by atoms with Crippen LogP contribution in [0.15, 0.2) is 18.2 Å². The molecular weight excluding hydrogens is 234 g/mol. The molecule has 3 N–H and O–H groups in total. The van der Waals surface area contributed by atoms with Gasteiger partial charge in [0.05, 0.1) is 18.1 Å². The van der Waals surface area contributed by atoms with Gasteiger partial charge in [-0.2, -0.15) is 5.26 Å². The largest absolute Gasteiger partial charge is 0.481 e. The van der Waals surface area contributed by atoms with Crippen molar-refractivity contribution in [1.82, 2.24) is 5.32 Å². The lowest BCUT2D eigenvalue weighted by Gasteiger charge is -2.09. The molecule has 0 aliphatic rings. The smallest absolute Gasteiger partial charge is 0.319 e. The maximum atomic E-state index is 11.4. The molecule has 0 radical (unpaired) electrons. The van der Waals surface area contributed by atoms with E-state index in [1.165, 1.54) is 0 Å². The predicted molar refractivity (Wildman–Crippen MR) is 65.2 cm³/mol. The Hall–Kier alpha value is -2.55. The number of urea groups is 1. The Labute approximate surface area is 104 Å². The summed E-state index contributed by atoms with van der Waals surface area (Å²) in [6.07, 6.45) is -0.134. The lowest BCUT2D eigenvalue weighted by molar-refractivity contribution is -0.136. The molecule has 1 aromatic rings. The highest BCUT2D eigenvalue weighted by molar-refractivity contribution is 5.90. The second kappa shape index (κ2) is 6.25. The minimum atomic E-state index is -0.974. The third-order valence-corrected chi connectivity index (χ3v) is 2.24. The third kappa shape index (κ3) is 4.14. The van der Waals surface area contributed by atoms with Gasteiger partial charge in [0.25, 0.3) is 0 Å². The Balaban J connectivity index is 2.59. The highest BCUT2D eigenvalue weighted by Crippen LogP contribution is 2.16. The second-order valence-electron chi connectivity index (χ2n) is 3.67. The molecule has 18 heavy (non-hydrogen) atoms. The molecule has 0 heterocycles. The topological polar surface area (TPSA) is 102 Å². The summed E-state index contributed by atoms with van der Waals surface area (Å²) in [5.74, 6) is -0.974. The van der Waals surface area contributed by atoms with Crippen molar-refractivity contribution in [2.45, 2.75) is 13.3 Å². The molecule has 1 rings (SSSR count). The Morgan fingerprint density at radius 1 is 1.44 bits per heavy atom. The summed E-state index contributed by atoms with van der Waals surface area (Å²) in [6.45, 7) is 1.85. The molecule has 0 spiro atoms. The molecule has 0 aromatic heterocycles. The van der Waals surface area contributed by atoms with Crippen molar-refractivity contribution < 1.29 is 14.7 Å². The fourth-order valence-electron chi connectivity index (χ4n) is 1.28. The number of amides is 2. The molecule has 0 atom stereocenters. The first kappa shape index (κ1) is 13.5. The van der Waals surface area contributed by atoms with E-state index in [0.29, 0.717) is 11.3 Å². The number of carbonyl (C=O) groups is 2. The van der Waals surface area contributed by atoms with Crippen LogP contribution >= 0.6 is 0 Å². The summed E-state index contributed by atoms with van der Waals surface area (Å²) in [4.78, 5) is 21.7. The Morgan fingerprint density at radius 2 is 2.17 bits per heavy atom. The zero-order chi connectivity index (χ0) is 13.5. The monoisotopic (exact) mass is 247 g/mol. The summed E-state index contributed by atoms with van der Waals surface area (Å²) >= 11 is 0. The molecule has 0 bridgehead atoms. The number of hydrogen-bond acceptors (Lipinski definition) is 3. The lowest BCUT2D eigenvalue weighted by Crippen LogP contribution is -2.30. The van der Waals surface area contributed by atoms with E-state index in [2.05, 4.69) is 10.6 Å². The lowest BCUT2D eigenvalue weighted by atomic mass is 10.1. The molecule has 1 aromatic carbocycles. The van der Waals surface area contributed by atoms with Gasteiger partial charge in [-0.25, -0.2) is 4.79 Å². The highest BCUT2D eigenvalue weighted by atomic mass is 16.4. The van der Waals surface area contributed by atoms with Crippen LogP contribution in [0, 0.1) is 18.3 Å². The number of hydrogen-bond donors (Lipinski definition) is 3. The highest BCUT2D eigenvalue weighted by Gasteiger charge is 2.05. The number of nitrogens with one attached hydrogen (secondary N) is 2. The fourth-order valence-corrected chi connectivity index (χ4v) is 1.28. The van der Waals surface area contributed by atoms with E-state index in [1.807, 2.05) is 6.07 Å². The SMILES string of the molecule is Cc1ccc(C#N)cc1NC(=O)NCCC(=O)O. The second-order valence-corrected chi connectivity index (χ2v) is 3.67. The maximum absolute atomic E-state index is 11.4. The Bertz CT molecular complexity index is 506. The van der Waals surface area contributed by atoms with Gasteiger partial charge < -0.3 is 15.7 Å². The normalized spacial score (nSPS) is 9.33. The van der Waals surface area contributed by atoms with E-state index in [0.717, 1.165) is 5.56 Å². The van der Waals surface area contributed by atoms with Crippen molar-refractivity contribution in [2.24, 2.45) is 0 Å². The molecule has 0 saturated heterocycles. The molecule has 0 aliphatic heterocycles. The quantitative estimate of drug-likeness (QED) is 0.749. The van der Waals surface area contributed by atoms with Crippen LogP contribution in [0.1, 0.15) is 17.5 Å². The minimum absolute atomic E-state index is 0.0537. The van der Waals surface area contributed by atoms with Crippen molar-refractivity contribution >= 4 is 17.7 Å². The summed E-state index contributed by atoms with van der Waals surface area (Å²) in [7, 11) is 0. The van der Waals surface area contributed by atoms with Crippen molar-refractivity contribution in [3.63, 3.8) is 0 Å². The van der Waals surface area contributed by atoms with Gasteiger partial charge in [0.2, 0.25) is 0 Å². The first-order chi connectivity index (χ1) is 8.52. The number of aryl methyl sites for hydroxylation is 1. The first-order valence-corrected chi connectivity index (χ1v) is 5.30. The average molecular weight is 247 g/mol. The van der Waals surface area contributed by atoms with E-state index >= 15 is 0 Å². The predicted octanol–water partition coefficient (Wildman–Crippen LogP) is 1.46. The van der Waals surface area contributed by atoms with Crippen molar-refractivity contribution in [3.8, 4) is 6.07 Å². The van der Waals surface area contributed by atoms with Crippen LogP contribution in [0.25, 0.3) is 0 Å². The molecule has 0 aliphatic carbocycles. The van der Waals surface area contributed by atoms with E-state index in [1.54, 1.807) is 25.1 Å². The number of carboxylic acids is 1. The number of nitrogens with zero attached hydrogens (tertiary/aromatic N) is 1. The Morgan fingerprint density at radius 3 is 2.78 bits per heavy atom. The number of carboxylic acid groups (broad SMARTS) is 1. The van der Waals surface area contributed by atoms with Crippen LogP contribution in [0.3, 0.4) is 0 Å². The van der Waals surface area contributed by atoms with Gasteiger partial charge in [0.15, 0.2) is 0 Å². The van der Waals surface area contributed by atoms with Crippen molar-refractivity contribution in [1.29, 1.82) is 5.26 Å². The molecule has 0 fully saturated rings. The third-order valence-electron chi connectivity index (χ3n) is 2.24. The number of carbonyl (C=O) groups excluding carboxylic acids is 1. The molecule has 6 nitrogen and oxygen atoms in total. The number of rotatable bonds is 4. The minimum Gasteiger partial charge on any atom is -0.481 e. The standard InChI is InChI=1S/C12H13N3O3/c1-8-2-3-9(7-13)6-10(8)15-12(18)14-5-4-11(16)17/h2-3,6H,4-5H2,1H3,(H,16,17)(H2,14,15,18). The summed E-state index contributed by atoms with van der Waals surface area (Å²) in [5, 5.41) is 22.1. The van der Waals surface area contributed by atoms with Crippen molar-refractivity contribution in [2.75, 3.05) is 11.9 Å². The van der Waals surface area contributed by atoms with Crippen molar-refractivity contribution in [3.05, 3.63) is 29.3 Å². The van der Waals surface area contributed by atoms with E-state index in [4.69, 9.17) is 10.4 Å². The van der Waals surface area contributed by atoms with Gasteiger partial charge in [0.1, 0.15) is 0 Å². The van der Waals surface area contributed by atoms with Gasteiger partial charge in [-0.05, 0) is 24.6 Å². The van der Waals surface area contributed by atoms with Gasteiger partial charge in [-0.15, -0.1) is 0 Å². The number of aliphatic carboxylic acids is 1. The van der Waals surface area contributed by atoms with Gasteiger partial charge in [-0.3, -0.25) is 4.79 Å². The van der Waals surface area contributed by atoms with E-state index < -0.39 is 12.0 Å². The molecular formula is C12H13N3O3. The van der Waals surface area contributed by atoms with Crippen LogP contribution in [-0.4, -0.2) is 23.7 Å². The summed E-state index contributed by atoms with van der Waals surface area (Å²) in [5.41, 5.74) is 1.80. The first-order valence-electron chi connectivity index (χ1n) is 5.30. The maximum Gasteiger partial charge on any atom is 0.319 e. The number of anilines is 1. The van der Waals surface area contributed by atoms with E-state index in [9.17, 15) is 9.59 Å². The van der Waals surface area contributed by atoms with Crippen LogP contribution < -0.4 is 10.6 Å². The summed E-state index contributed by atoms with van der Waals surface area (Å²) < 4.78 is 0.